The third kappa shape index (κ3) is 6.27. The second kappa shape index (κ2) is 10.3. The number of aliphatic imine (C=N–C) groups is 1. The van der Waals surface area contributed by atoms with Gasteiger partial charge < -0.3 is 16.0 Å². The normalized spacial score (nSPS) is 20.4. The van der Waals surface area contributed by atoms with Crippen LogP contribution in [0.1, 0.15) is 49.0 Å². The maximum atomic E-state index is 11.8. The van der Waals surface area contributed by atoms with E-state index in [2.05, 4.69) is 29.1 Å². The van der Waals surface area contributed by atoms with Crippen molar-refractivity contribution < 1.29 is 4.79 Å². The first kappa shape index (κ1) is 19.6. The van der Waals surface area contributed by atoms with Crippen LogP contribution < -0.4 is 16.0 Å². The Bertz CT molecular complexity index is 573. The number of carbonyl (C=O) groups excluding carboxylic acids is 1. The van der Waals surface area contributed by atoms with E-state index in [1.165, 1.54) is 19.3 Å². The van der Waals surface area contributed by atoms with Crippen molar-refractivity contribution in [2.75, 3.05) is 19.3 Å². The monoisotopic (exact) mass is 362 g/mol. The lowest BCUT2D eigenvalue weighted by Crippen LogP contribution is -2.42. The van der Waals surface area contributed by atoms with Gasteiger partial charge in [-0.3, -0.25) is 4.79 Å². The Balaban J connectivity index is 1.92. The van der Waals surface area contributed by atoms with E-state index < -0.39 is 0 Å². The smallest absolute Gasteiger partial charge is 0.251 e. The largest absolute Gasteiger partial charge is 0.357 e. The first-order valence-corrected chi connectivity index (χ1v) is 10.4. The topological polar surface area (TPSA) is 65.5 Å². The van der Waals surface area contributed by atoms with Gasteiger partial charge in [-0.1, -0.05) is 12.1 Å². The number of rotatable bonds is 7. The lowest BCUT2D eigenvalue weighted by Gasteiger charge is -2.17. The van der Waals surface area contributed by atoms with E-state index in [9.17, 15) is 4.79 Å². The van der Waals surface area contributed by atoms with E-state index in [0.29, 0.717) is 24.7 Å². The summed E-state index contributed by atoms with van der Waals surface area (Å²) in [5.74, 6) is 0.846. The molecule has 2 rings (SSSR count). The molecule has 0 radical (unpaired) electrons. The number of benzene rings is 1. The summed E-state index contributed by atoms with van der Waals surface area (Å²) < 4.78 is 0. The van der Waals surface area contributed by atoms with Gasteiger partial charge in [0.2, 0.25) is 0 Å². The Labute approximate surface area is 155 Å². The van der Waals surface area contributed by atoms with Gasteiger partial charge in [0, 0.05) is 29.9 Å². The number of guanidine groups is 1. The average Bonchev–Trinajstić information content (AvgIpc) is 3.08. The van der Waals surface area contributed by atoms with Crippen LogP contribution in [0.4, 0.5) is 0 Å². The molecule has 3 N–H and O–H groups in total. The molecular formula is C19H30N4OS. The highest BCUT2D eigenvalue weighted by atomic mass is 32.2. The molecule has 1 aromatic rings. The molecular weight excluding hydrogens is 332 g/mol. The zero-order valence-corrected chi connectivity index (χ0v) is 16.3. The van der Waals surface area contributed by atoms with Crippen LogP contribution in [0, 0.1) is 0 Å². The maximum Gasteiger partial charge on any atom is 0.251 e. The number of hydrogen-bond acceptors (Lipinski definition) is 3. The number of amides is 1. The Hall–Kier alpha value is -1.69. The SMILES string of the molecule is CCNC(=O)c1ccc(CN=C(NCC)NC2CCC(SC)C2)cc1. The van der Waals surface area contributed by atoms with Gasteiger partial charge in [-0.15, -0.1) is 0 Å². The Morgan fingerprint density at radius 3 is 2.48 bits per heavy atom. The molecule has 1 amide bonds. The van der Waals surface area contributed by atoms with Crippen molar-refractivity contribution in [3.05, 3.63) is 35.4 Å². The lowest BCUT2D eigenvalue weighted by atomic mass is 10.1. The quantitative estimate of drug-likeness (QED) is 0.515. The average molecular weight is 363 g/mol. The number of hydrogen-bond donors (Lipinski definition) is 3. The first-order chi connectivity index (χ1) is 12.2. The van der Waals surface area contributed by atoms with Crippen LogP contribution in [0.25, 0.3) is 0 Å². The molecule has 0 aliphatic heterocycles. The summed E-state index contributed by atoms with van der Waals surface area (Å²) in [5, 5.41) is 10.5. The zero-order chi connectivity index (χ0) is 18.1. The fourth-order valence-corrected chi connectivity index (χ4v) is 3.79. The van der Waals surface area contributed by atoms with Crippen molar-refractivity contribution in [2.24, 2.45) is 4.99 Å². The summed E-state index contributed by atoms with van der Waals surface area (Å²) in [6.07, 6.45) is 5.88. The molecule has 0 bridgehead atoms. The van der Waals surface area contributed by atoms with Crippen molar-refractivity contribution in [1.82, 2.24) is 16.0 Å². The minimum atomic E-state index is -0.0304. The summed E-state index contributed by atoms with van der Waals surface area (Å²) in [5.41, 5.74) is 1.78. The van der Waals surface area contributed by atoms with E-state index in [1.807, 2.05) is 43.0 Å². The van der Waals surface area contributed by atoms with Crippen LogP contribution in [0.2, 0.25) is 0 Å². The number of nitrogens with one attached hydrogen (secondary N) is 3. The molecule has 1 aromatic carbocycles. The van der Waals surface area contributed by atoms with Crippen LogP contribution in [0.3, 0.4) is 0 Å². The van der Waals surface area contributed by atoms with Crippen molar-refractivity contribution in [3.63, 3.8) is 0 Å². The lowest BCUT2D eigenvalue weighted by molar-refractivity contribution is 0.0956. The van der Waals surface area contributed by atoms with Crippen molar-refractivity contribution in [3.8, 4) is 0 Å². The highest BCUT2D eigenvalue weighted by Crippen LogP contribution is 2.28. The van der Waals surface area contributed by atoms with Crippen molar-refractivity contribution in [1.29, 1.82) is 0 Å². The van der Waals surface area contributed by atoms with Gasteiger partial charge in [0.25, 0.3) is 5.91 Å². The molecule has 0 spiro atoms. The van der Waals surface area contributed by atoms with Gasteiger partial charge in [-0.2, -0.15) is 11.8 Å². The van der Waals surface area contributed by atoms with E-state index >= 15 is 0 Å². The van der Waals surface area contributed by atoms with Gasteiger partial charge in [0.1, 0.15) is 0 Å². The second-order valence-electron chi connectivity index (χ2n) is 6.26. The Morgan fingerprint density at radius 2 is 1.88 bits per heavy atom. The minimum Gasteiger partial charge on any atom is -0.357 e. The standard InChI is InChI=1S/C19H30N4OS/c1-4-20-18(24)15-8-6-14(7-9-15)13-22-19(21-5-2)23-16-10-11-17(12-16)25-3/h6-9,16-17H,4-5,10-13H2,1-3H3,(H,20,24)(H2,21,22,23). The van der Waals surface area contributed by atoms with Crippen molar-refractivity contribution >= 4 is 23.6 Å². The molecule has 25 heavy (non-hydrogen) atoms. The predicted octanol–water partition coefficient (Wildman–Crippen LogP) is 2.78. The van der Waals surface area contributed by atoms with Crippen LogP contribution >= 0.6 is 11.8 Å². The summed E-state index contributed by atoms with van der Waals surface area (Å²) in [6.45, 7) is 6.09. The third-order valence-electron chi connectivity index (χ3n) is 4.38. The summed E-state index contributed by atoms with van der Waals surface area (Å²) in [6, 6.07) is 8.16. The Morgan fingerprint density at radius 1 is 1.16 bits per heavy atom. The van der Waals surface area contributed by atoms with Crippen LogP contribution in [-0.4, -0.2) is 42.5 Å². The molecule has 2 atom stereocenters. The highest BCUT2D eigenvalue weighted by Gasteiger charge is 2.24. The predicted molar refractivity (Wildman–Crippen MR) is 107 cm³/mol. The Kier molecular flexibility index (Phi) is 8.12. The number of carbonyl (C=O) groups is 1. The summed E-state index contributed by atoms with van der Waals surface area (Å²) >= 11 is 1.96. The van der Waals surface area contributed by atoms with Gasteiger partial charge in [0.15, 0.2) is 5.96 Å². The van der Waals surface area contributed by atoms with Gasteiger partial charge >= 0.3 is 0 Å². The molecule has 138 valence electrons. The minimum absolute atomic E-state index is 0.0304. The fourth-order valence-electron chi connectivity index (χ4n) is 2.99. The third-order valence-corrected chi connectivity index (χ3v) is 5.47. The molecule has 0 aromatic heterocycles. The van der Waals surface area contributed by atoms with E-state index in [-0.39, 0.29) is 5.91 Å². The molecule has 0 heterocycles. The van der Waals surface area contributed by atoms with Gasteiger partial charge in [-0.05, 0) is 57.1 Å². The number of thioether (sulfide) groups is 1. The maximum absolute atomic E-state index is 11.8. The second-order valence-corrected chi connectivity index (χ2v) is 7.40. The van der Waals surface area contributed by atoms with Crippen LogP contribution in [-0.2, 0) is 6.54 Å². The molecule has 1 fully saturated rings. The molecule has 0 saturated heterocycles. The van der Waals surface area contributed by atoms with E-state index in [1.54, 1.807) is 0 Å². The van der Waals surface area contributed by atoms with Crippen LogP contribution in [0.5, 0.6) is 0 Å². The van der Waals surface area contributed by atoms with Crippen LogP contribution in [0.15, 0.2) is 29.3 Å². The molecule has 1 saturated carbocycles. The van der Waals surface area contributed by atoms with Crippen molar-refractivity contribution in [2.45, 2.75) is 50.9 Å². The zero-order valence-electron chi connectivity index (χ0n) is 15.5. The summed E-state index contributed by atoms with van der Waals surface area (Å²) in [7, 11) is 0. The van der Waals surface area contributed by atoms with Gasteiger partial charge in [0.05, 0.1) is 6.54 Å². The molecule has 1 aliphatic carbocycles. The summed E-state index contributed by atoms with van der Waals surface area (Å²) in [4.78, 5) is 16.5. The molecule has 6 heteroatoms. The van der Waals surface area contributed by atoms with E-state index in [4.69, 9.17) is 4.99 Å². The molecule has 2 unspecified atom stereocenters. The first-order valence-electron chi connectivity index (χ1n) is 9.11. The molecule has 1 aliphatic rings. The highest BCUT2D eigenvalue weighted by molar-refractivity contribution is 7.99. The number of nitrogens with zero attached hydrogens (tertiary/aromatic N) is 1. The molecule has 5 nitrogen and oxygen atoms in total. The van der Waals surface area contributed by atoms with Gasteiger partial charge in [-0.25, -0.2) is 4.99 Å². The fraction of sp³-hybridized carbons (Fsp3) is 0.579. The van der Waals surface area contributed by atoms with E-state index in [0.717, 1.165) is 23.3 Å².